The standard InChI is InChI=1S/C17H11Cl2F3N4O/c18-11-4-3-9(5-12(11)19)24-16(27)10-7-23-26-14(17(20,21)22)6-13(8-1-2-8)25-15(10)26/h3-8H,1-2H2,(H,24,27). The Morgan fingerprint density at radius 1 is 1.19 bits per heavy atom. The molecule has 3 aromatic rings. The molecule has 1 aliphatic rings. The molecule has 0 unspecified atom stereocenters. The summed E-state index contributed by atoms with van der Waals surface area (Å²) in [5.74, 6) is -0.658. The fourth-order valence-corrected chi connectivity index (χ4v) is 3.00. The van der Waals surface area contributed by atoms with Crippen molar-refractivity contribution in [1.29, 1.82) is 0 Å². The quantitative estimate of drug-likeness (QED) is 0.641. The zero-order chi connectivity index (χ0) is 19.3. The fraction of sp³-hybridized carbons (Fsp3) is 0.235. The van der Waals surface area contributed by atoms with E-state index in [1.807, 2.05) is 0 Å². The number of hydrogen-bond donors (Lipinski definition) is 1. The molecular formula is C17H11Cl2F3N4O. The largest absolute Gasteiger partial charge is 0.433 e. The lowest BCUT2D eigenvalue weighted by Crippen LogP contribution is -2.16. The Morgan fingerprint density at radius 2 is 1.93 bits per heavy atom. The number of anilines is 1. The SMILES string of the molecule is O=C(Nc1ccc(Cl)c(Cl)c1)c1cnn2c(C(F)(F)F)cc(C3CC3)nc12. The third-order valence-electron chi connectivity index (χ3n) is 4.20. The van der Waals surface area contributed by atoms with Crippen LogP contribution in [0.25, 0.3) is 5.65 Å². The van der Waals surface area contributed by atoms with Gasteiger partial charge in [0.2, 0.25) is 0 Å². The van der Waals surface area contributed by atoms with E-state index in [1.54, 1.807) is 0 Å². The molecule has 140 valence electrons. The van der Waals surface area contributed by atoms with Crippen molar-refractivity contribution in [2.75, 3.05) is 5.32 Å². The molecule has 1 aliphatic carbocycles. The second-order valence-electron chi connectivity index (χ2n) is 6.21. The van der Waals surface area contributed by atoms with Crippen molar-refractivity contribution in [3.8, 4) is 0 Å². The highest BCUT2D eigenvalue weighted by molar-refractivity contribution is 6.42. The van der Waals surface area contributed by atoms with Crippen molar-refractivity contribution in [2.45, 2.75) is 24.9 Å². The van der Waals surface area contributed by atoms with E-state index < -0.39 is 17.8 Å². The average Bonchev–Trinajstić information content (AvgIpc) is 3.35. The van der Waals surface area contributed by atoms with Crippen LogP contribution in [0.4, 0.5) is 18.9 Å². The first kappa shape index (κ1) is 18.1. The number of alkyl halides is 3. The molecule has 0 spiro atoms. The van der Waals surface area contributed by atoms with Gasteiger partial charge in [0, 0.05) is 17.3 Å². The average molecular weight is 415 g/mol. The molecule has 2 aromatic heterocycles. The Hall–Kier alpha value is -2.32. The van der Waals surface area contributed by atoms with E-state index in [2.05, 4.69) is 15.4 Å². The highest BCUT2D eigenvalue weighted by atomic mass is 35.5. The highest BCUT2D eigenvalue weighted by Gasteiger charge is 2.37. The highest BCUT2D eigenvalue weighted by Crippen LogP contribution is 2.41. The Bertz CT molecular complexity index is 1060. The van der Waals surface area contributed by atoms with Gasteiger partial charge in [0.25, 0.3) is 5.91 Å². The number of fused-ring (bicyclic) bond motifs is 1. The Kier molecular flexibility index (Phi) is 4.27. The molecule has 10 heteroatoms. The van der Waals surface area contributed by atoms with Crippen LogP contribution in [0.5, 0.6) is 0 Å². The van der Waals surface area contributed by atoms with Gasteiger partial charge in [0.05, 0.1) is 16.2 Å². The van der Waals surface area contributed by atoms with E-state index in [0.29, 0.717) is 20.9 Å². The van der Waals surface area contributed by atoms with Gasteiger partial charge in [0.1, 0.15) is 11.3 Å². The molecule has 0 saturated heterocycles. The van der Waals surface area contributed by atoms with Gasteiger partial charge in [-0.2, -0.15) is 18.3 Å². The molecule has 1 saturated carbocycles. The van der Waals surface area contributed by atoms with Gasteiger partial charge in [-0.3, -0.25) is 4.79 Å². The number of aromatic nitrogens is 3. The first-order valence-electron chi connectivity index (χ1n) is 7.96. The number of carbonyl (C=O) groups excluding carboxylic acids is 1. The number of carbonyl (C=O) groups is 1. The van der Waals surface area contributed by atoms with Crippen LogP contribution < -0.4 is 5.32 Å². The zero-order valence-electron chi connectivity index (χ0n) is 13.5. The maximum absolute atomic E-state index is 13.4. The smallest absolute Gasteiger partial charge is 0.322 e. The lowest BCUT2D eigenvalue weighted by Gasteiger charge is -2.11. The van der Waals surface area contributed by atoms with Gasteiger partial charge in [-0.05, 0) is 37.1 Å². The normalized spacial score (nSPS) is 14.6. The molecule has 0 aliphatic heterocycles. The number of benzene rings is 1. The number of hydrogen-bond acceptors (Lipinski definition) is 3. The summed E-state index contributed by atoms with van der Waals surface area (Å²) in [7, 11) is 0. The van der Waals surface area contributed by atoms with E-state index in [1.165, 1.54) is 18.2 Å². The molecule has 0 atom stereocenters. The van der Waals surface area contributed by atoms with Crippen molar-refractivity contribution in [3.05, 3.63) is 57.5 Å². The molecule has 1 fully saturated rings. The summed E-state index contributed by atoms with van der Waals surface area (Å²) in [4.78, 5) is 16.8. The molecule has 27 heavy (non-hydrogen) atoms. The van der Waals surface area contributed by atoms with Crippen LogP contribution in [-0.4, -0.2) is 20.5 Å². The van der Waals surface area contributed by atoms with Crippen molar-refractivity contribution in [1.82, 2.24) is 14.6 Å². The Morgan fingerprint density at radius 3 is 2.56 bits per heavy atom. The molecule has 1 aromatic carbocycles. The maximum atomic E-state index is 13.4. The Balaban J connectivity index is 1.76. The van der Waals surface area contributed by atoms with E-state index in [4.69, 9.17) is 23.2 Å². The van der Waals surface area contributed by atoms with Crippen LogP contribution in [0.15, 0.2) is 30.5 Å². The van der Waals surface area contributed by atoms with Crippen LogP contribution >= 0.6 is 23.2 Å². The van der Waals surface area contributed by atoms with Gasteiger partial charge in [-0.15, -0.1) is 0 Å². The number of amides is 1. The summed E-state index contributed by atoms with van der Waals surface area (Å²) in [5, 5.41) is 6.85. The van der Waals surface area contributed by atoms with Gasteiger partial charge < -0.3 is 5.32 Å². The molecule has 0 bridgehead atoms. The fourth-order valence-electron chi connectivity index (χ4n) is 2.70. The minimum atomic E-state index is -4.62. The van der Waals surface area contributed by atoms with Crippen LogP contribution in [0.3, 0.4) is 0 Å². The van der Waals surface area contributed by atoms with Crippen LogP contribution in [0.1, 0.15) is 40.5 Å². The van der Waals surface area contributed by atoms with Gasteiger partial charge in [-0.25, -0.2) is 9.50 Å². The number of nitrogens with one attached hydrogen (secondary N) is 1. The van der Waals surface area contributed by atoms with E-state index in [-0.39, 0.29) is 22.2 Å². The van der Waals surface area contributed by atoms with Crippen molar-refractivity contribution >= 4 is 40.4 Å². The van der Waals surface area contributed by atoms with Gasteiger partial charge in [0.15, 0.2) is 5.65 Å². The molecule has 0 radical (unpaired) electrons. The zero-order valence-corrected chi connectivity index (χ0v) is 15.0. The molecule has 1 amide bonds. The van der Waals surface area contributed by atoms with E-state index in [9.17, 15) is 18.0 Å². The van der Waals surface area contributed by atoms with Crippen molar-refractivity contribution in [3.63, 3.8) is 0 Å². The minimum absolute atomic E-state index is 0.0167. The topological polar surface area (TPSA) is 59.3 Å². The molecule has 4 rings (SSSR count). The summed E-state index contributed by atoms with van der Waals surface area (Å²) in [6.45, 7) is 0. The molecule has 2 heterocycles. The number of rotatable bonds is 3. The van der Waals surface area contributed by atoms with Crippen LogP contribution in [0.2, 0.25) is 10.0 Å². The first-order chi connectivity index (χ1) is 12.7. The summed E-state index contributed by atoms with van der Waals surface area (Å²) >= 11 is 11.7. The molecule has 5 nitrogen and oxygen atoms in total. The van der Waals surface area contributed by atoms with Gasteiger partial charge in [-0.1, -0.05) is 23.2 Å². The van der Waals surface area contributed by atoms with Crippen LogP contribution in [0, 0.1) is 0 Å². The predicted octanol–water partition coefficient (Wildman–Crippen LogP) is 5.18. The monoisotopic (exact) mass is 414 g/mol. The number of nitrogens with zero attached hydrogens (tertiary/aromatic N) is 3. The lowest BCUT2D eigenvalue weighted by molar-refractivity contribution is -0.142. The second kappa shape index (κ2) is 6.38. The molecular weight excluding hydrogens is 404 g/mol. The lowest BCUT2D eigenvalue weighted by atomic mass is 10.2. The van der Waals surface area contributed by atoms with E-state index >= 15 is 0 Å². The van der Waals surface area contributed by atoms with E-state index in [0.717, 1.165) is 25.1 Å². The molecule has 1 N–H and O–H groups in total. The summed E-state index contributed by atoms with van der Waals surface area (Å²) in [5.41, 5.74) is -0.483. The van der Waals surface area contributed by atoms with Crippen molar-refractivity contribution < 1.29 is 18.0 Å². The summed E-state index contributed by atoms with van der Waals surface area (Å²) in [6.07, 6.45) is -1.99. The first-order valence-corrected chi connectivity index (χ1v) is 8.72. The second-order valence-corrected chi connectivity index (χ2v) is 7.03. The third kappa shape index (κ3) is 3.46. The third-order valence-corrected chi connectivity index (χ3v) is 4.94. The summed E-state index contributed by atoms with van der Waals surface area (Å²) < 4.78 is 40.9. The van der Waals surface area contributed by atoms with Gasteiger partial charge >= 0.3 is 6.18 Å². The van der Waals surface area contributed by atoms with Crippen molar-refractivity contribution in [2.24, 2.45) is 0 Å². The van der Waals surface area contributed by atoms with Crippen LogP contribution in [-0.2, 0) is 6.18 Å². The summed E-state index contributed by atoms with van der Waals surface area (Å²) in [6, 6.07) is 5.47. The minimum Gasteiger partial charge on any atom is -0.322 e. The Labute approximate surface area is 161 Å². The number of halogens is 5. The predicted molar refractivity (Wildman–Crippen MR) is 94.4 cm³/mol. The maximum Gasteiger partial charge on any atom is 0.433 e.